The van der Waals surface area contributed by atoms with Crippen LogP contribution in [-0.2, 0) is 0 Å². The van der Waals surface area contributed by atoms with E-state index in [1.807, 2.05) is 38.1 Å². The first-order chi connectivity index (χ1) is 10.1. The number of para-hydroxylation sites is 1. The topological polar surface area (TPSA) is 78.4 Å². The van der Waals surface area contributed by atoms with Crippen molar-refractivity contribution in [2.75, 3.05) is 6.54 Å². The Balaban J connectivity index is 2.12. The molecule has 6 nitrogen and oxygen atoms in total. The van der Waals surface area contributed by atoms with Gasteiger partial charge in [0.25, 0.3) is 0 Å². The van der Waals surface area contributed by atoms with E-state index in [0.29, 0.717) is 6.54 Å². The Morgan fingerprint density at radius 3 is 2.86 bits per heavy atom. The summed E-state index contributed by atoms with van der Waals surface area (Å²) in [6, 6.07) is 7.49. The minimum Gasteiger partial charge on any atom is -0.465 e. The Bertz CT molecular complexity index is 670. The van der Waals surface area contributed by atoms with E-state index in [1.165, 1.54) is 11.2 Å². The number of nitrogens with one attached hydrogen (secondary N) is 1. The normalized spacial score (nSPS) is 26.0. The smallest absolute Gasteiger partial charge is 0.407 e. The summed E-state index contributed by atoms with van der Waals surface area (Å²) in [6.07, 6.45) is 0.588. The van der Waals surface area contributed by atoms with Crippen LogP contribution in [0.4, 0.5) is 4.79 Å². The van der Waals surface area contributed by atoms with E-state index in [2.05, 4.69) is 15.3 Å². The number of amides is 1. The van der Waals surface area contributed by atoms with Crippen molar-refractivity contribution in [1.29, 1.82) is 0 Å². The summed E-state index contributed by atoms with van der Waals surface area (Å²) < 4.78 is 0. The number of piperazine rings is 1. The van der Waals surface area contributed by atoms with Crippen LogP contribution in [0.1, 0.15) is 25.6 Å². The summed E-state index contributed by atoms with van der Waals surface area (Å²) in [5.41, 5.74) is 1.59. The van der Waals surface area contributed by atoms with Gasteiger partial charge in [0.15, 0.2) is 0 Å². The van der Waals surface area contributed by atoms with Crippen LogP contribution in [0.5, 0.6) is 0 Å². The molecule has 1 aromatic heterocycles. The van der Waals surface area contributed by atoms with Gasteiger partial charge in [-0.2, -0.15) is 0 Å². The highest BCUT2D eigenvalue weighted by Gasteiger charge is 2.37. The van der Waals surface area contributed by atoms with Crippen molar-refractivity contribution in [3.8, 4) is 0 Å². The highest BCUT2D eigenvalue weighted by Crippen LogP contribution is 2.31. The van der Waals surface area contributed by atoms with Crippen molar-refractivity contribution in [3.63, 3.8) is 0 Å². The van der Waals surface area contributed by atoms with Crippen molar-refractivity contribution < 1.29 is 9.90 Å². The van der Waals surface area contributed by atoms with E-state index in [0.717, 1.165) is 16.6 Å². The summed E-state index contributed by atoms with van der Waals surface area (Å²) >= 11 is 0. The van der Waals surface area contributed by atoms with E-state index in [-0.39, 0.29) is 18.1 Å². The van der Waals surface area contributed by atoms with Gasteiger partial charge in [0.1, 0.15) is 6.33 Å². The fourth-order valence-electron chi connectivity index (χ4n) is 3.11. The van der Waals surface area contributed by atoms with Crippen LogP contribution >= 0.6 is 0 Å². The molecule has 21 heavy (non-hydrogen) atoms. The lowest BCUT2D eigenvalue weighted by Crippen LogP contribution is -2.57. The monoisotopic (exact) mass is 286 g/mol. The third-order valence-corrected chi connectivity index (χ3v) is 3.93. The number of carbonyl (C=O) groups is 1. The van der Waals surface area contributed by atoms with E-state index < -0.39 is 6.09 Å². The Morgan fingerprint density at radius 2 is 2.10 bits per heavy atom. The molecule has 1 fully saturated rings. The van der Waals surface area contributed by atoms with Gasteiger partial charge < -0.3 is 10.4 Å². The second kappa shape index (κ2) is 5.29. The first-order valence-electron chi connectivity index (χ1n) is 7.03. The predicted octanol–water partition coefficient (Wildman–Crippen LogP) is 2.03. The predicted molar refractivity (Wildman–Crippen MR) is 79.1 cm³/mol. The van der Waals surface area contributed by atoms with Crippen LogP contribution in [0.3, 0.4) is 0 Å². The number of aromatic nitrogens is 2. The van der Waals surface area contributed by atoms with Gasteiger partial charge in [0.05, 0.1) is 17.3 Å². The zero-order valence-electron chi connectivity index (χ0n) is 12.0. The van der Waals surface area contributed by atoms with E-state index in [1.54, 1.807) is 0 Å². The van der Waals surface area contributed by atoms with Crippen LogP contribution in [0.2, 0.25) is 0 Å². The molecular weight excluding hydrogens is 268 g/mol. The van der Waals surface area contributed by atoms with E-state index in [4.69, 9.17) is 0 Å². The molecular formula is C15H18N4O2. The second-order valence-electron chi connectivity index (χ2n) is 5.51. The summed E-state index contributed by atoms with van der Waals surface area (Å²) in [6.45, 7) is 4.43. The zero-order valence-corrected chi connectivity index (χ0v) is 12.0. The van der Waals surface area contributed by atoms with E-state index in [9.17, 15) is 9.90 Å². The van der Waals surface area contributed by atoms with Crippen molar-refractivity contribution in [1.82, 2.24) is 20.2 Å². The van der Waals surface area contributed by atoms with Crippen LogP contribution in [0.15, 0.2) is 30.6 Å². The standard InChI is InChI=1S/C15H18N4O2/c1-9-7-19(15(20)21)14(10(2)18-9)13-11-5-3-4-6-12(11)16-8-17-13/h3-6,8-10,14,18H,7H2,1-2H3,(H,20,21). The molecule has 110 valence electrons. The molecule has 1 amide bonds. The quantitative estimate of drug-likeness (QED) is 0.838. The number of hydrogen-bond donors (Lipinski definition) is 2. The van der Waals surface area contributed by atoms with Crippen molar-refractivity contribution in [2.24, 2.45) is 0 Å². The Morgan fingerprint density at radius 1 is 1.33 bits per heavy atom. The summed E-state index contributed by atoms with van der Waals surface area (Å²) in [5.74, 6) is 0. The molecule has 0 spiro atoms. The van der Waals surface area contributed by atoms with Gasteiger partial charge in [-0.15, -0.1) is 0 Å². The van der Waals surface area contributed by atoms with Crippen LogP contribution in [-0.4, -0.2) is 44.7 Å². The number of benzene rings is 1. The fraction of sp³-hybridized carbons (Fsp3) is 0.400. The molecule has 3 rings (SSSR count). The zero-order chi connectivity index (χ0) is 15.0. The molecule has 2 N–H and O–H groups in total. The Kier molecular flexibility index (Phi) is 3.47. The SMILES string of the molecule is CC1CN(C(=O)O)C(c2ncnc3ccccc23)C(C)N1. The van der Waals surface area contributed by atoms with Gasteiger partial charge in [0, 0.05) is 24.0 Å². The van der Waals surface area contributed by atoms with Gasteiger partial charge in [-0.05, 0) is 19.9 Å². The molecule has 0 saturated carbocycles. The third-order valence-electron chi connectivity index (χ3n) is 3.93. The van der Waals surface area contributed by atoms with E-state index >= 15 is 0 Å². The summed E-state index contributed by atoms with van der Waals surface area (Å²) in [4.78, 5) is 21.7. The van der Waals surface area contributed by atoms with Gasteiger partial charge in [-0.3, -0.25) is 4.90 Å². The minimum atomic E-state index is -0.914. The highest BCUT2D eigenvalue weighted by molar-refractivity contribution is 5.81. The van der Waals surface area contributed by atoms with Crippen molar-refractivity contribution >= 4 is 17.0 Å². The number of hydrogen-bond acceptors (Lipinski definition) is 4. The van der Waals surface area contributed by atoms with Crippen LogP contribution in [0.25, 0.3) is 10.9 Å². The molecule has 0 radical (unpaired) electrons. The average Bonchev–Trinajstić information content (AvgIpc) is 2.46. The lowest BCUT2D eigenvalue weighted by atomic mass is 9.96. The van der Waals surface area contributed by atoms with Gasteiger partial charge in [0.2, 0.25) is 0 Å². The Labute approximate surface area is 122 Å². The Hall–Kier alpha value is -2.21. The average molecular weight is 286 g/mol. The molecule has 1 aliphatic heterocycles. The maximum Gasteiger partial charge on any atom is 0.407 e. The fourth-order valence-corrected chi connectivity index (χ4v) is 3.11. The molecule has 1 saturated heterocycles. The molecule has 1 aliphatic rings. The number of carboxylic acid groups (broad SMARTS) is 1. The maximum absolute atomic E-state index is 11.6. The molecule has 3 atom stereocenters. The summed E-state index contributed by atoms with van der Waals surface area (Å²) in [7, 11) is 0. The van der Waals surface area contributed by atoms with Crippen LogP contribution < -0.4 is 5.32 Å². The molecule has 0 aliphatic carbocycles. The molecule has 0 bridgehead atoms. The van der Waals surface area contributed by atoms with Gasteiger partial charge in [-0.25, -0.2) is 14.8 Å². The first kappa shape index (κ1) is 13.8. The first-order valence-corrected chi connectivity index (χ1v) is 7.03. The minimum absolute atomic E-state index is 0.0110. The molecule has 3 unspecified atom stereocenters. The van der Waals surface area contributed by atoms with Crippen molar-refractivity contribution in [3.05, 3.63) is 36.3 Å². The highest BCUT2D eigenvalue weighted by atomic mass is 16.4. The summed E-state index contributed by atoms with van der Waals surface area (Å²) in [5, 5.41) is 13.8. The van der Waals surface area contributed by atoms with Gasteiger partial charge in [-0.1, -0.05) is 18.2 Å². The molecule has 2 aromatic rings. The lowest BCUT2D eigenvalue weighted by Gasteiger charge is -2.41. The van der Waals surface area contributed by atoms with Gasteiger partial charge >= 0.3 is 6.09 Å². The lowest BCUT2D eigenvalue weighted by molar-refractivity contribution is 0.0814. The molecule has 2 heterocycles. The molecule has 6 heteroatoms. The number of rotatable bonds is 1. The van der Waals surface area contributed by atoms with Crippen molar-refractivity contribution in [2.45, 2.75) is 32.0 Å². The largest absolute Gasteiger partial charge is 0.465 e. The maximum atomic E-state index is 11.6. The molecule has 1 aromatic carbocycles. The second-order valence-corrected chi connectivity index (χ2v) is 5.51. The number of fused-ring (bicyclic) bond motifs is 1. The van der Waals surface area contributed by atoms with Crippen LogP contribution in [0, 0.1) is 0 Å². The number of nitrogens with zero attached hydrogens (tertiary/aromatic N) is 3. The third kappa shape index (κ3) is 2.42.